The van der Waals surface area contributed by atoms with Gasteiger partial charge in [0.15, 0.2) is 0 Å². The van der Waals surface area contributed by atoms with Gasteiger partial charge in [-0.05, 0) is 43.2 Å². The average Bonchev–Trinajstić information content (AvgIpc) is 2.69. The fourth-order valence-electron chi connectivity index (χ4n) is 3.29. The Morgan fingerprint density at radius 2 is 1.58 bits per heavy atom. The maximum atomic E-state index is 13.1. The van der Waals surface area contributed by atoms with Gasteiger partial charge in [-0.15, -0.1) is 0 Å². The first kappa shape index (κ1) is 21.5. The Kier molecular flexibility index (Phi) is 5.73. The fourth-order valence-corrected chi connectivity index (χ4v) is 3.29. The molecule has 10 nitrogen and oxygen atoms in total. The van der Waals surface area contributed by atoms with E-state index in [2.05, 4.69) is 5.32 Å². The van der Waals surface area contributed by atoms with Crippen LogP contribution in [-0.2, 0) is 9.59 Å². The number of nitro groups is 1. The lowest BCUT2D eigenvalue weighted by Crippen LogP contribution is -2.54. The number of ether oxygens (including phenoxy) is 2. The van der Waals surface area contributed by atoms with Crippen molar-refractivity contribution in [3.05, 3.63) is 62.7 Å². The van der Waals surface area contributed by atoms with E-state index >= 15 is 0 Å². The number of methoxy groups -OCH3 is 2. The van der Waals surface area contributed by atoms with Crippen LogP contribution in [0.25, 0.3) is 6.08 Å². The first-order valence-electron chi connectivity index (χ1n) is 9.06. The summed E-state index contributed by atoms with van der Waals surface area (Å²) in [6.07, 6.45) is 1.14. The quantitative estimate of drug-likeness (QED) is 0.338. The van der Waals surface area contributed by atoms with E-state index in [4.69, 9.17) is 9.47 Å². The number of carbonyl (C=O) groups excluding carboxylic acids is 3. The lowest BCUT2D eigenvalue weighted by molar-refractivity contribution is -0.385. The standard InChI is InChI=1S/C21H19N3O7/c1-11-5-12(2)7-14(6-11)23-20(26)15(19(25)22-21(23)27)8-13-9-16(24(28)29)18(31-4)10-17(13)30-3/h5-10H,1-4H3,(H,22,25,27)/b15-8-. The molecule has 0 radical (unpaired) electrons. The summed E-state index contributed by atoms with van der Waals surface area (Å²) in [6, 6.07) is 6.67. The van der Waals surface area contributed by atoms with Crippen molar-refractivity contribution in [2.24, 2.45) is 0 Å². The van der Waals surface area contributed by atoms with Crippen molar-refractivity contribution in [2.45, 2.75) is 13.8 Å². The van der Waals surface area contributed by atoms with Crippen LogP contribution >= 0.6 is 0 Å². The van der Waals surface area contributed by atoms with Crippen LogP contribution in [0.2, 0.25) is 0 Å². The van der Waals surface area contributed by atoms with E-state index in [0.717, 1.165) is 28.2 Å². The monoisotopic (exact) mass is 425 g/mol. The van der Waals surface area contributed by atoms with Gasteiger partial charge in [-0.1, -0.05) is 6.07 Å². The lowest BCUT2D eigenvalue weighted by Gasteiger charge is -2.27. The second-order valence-corrected chi connectivity index (χ2v) is 6.83. The Bertz CT molecular complexity index is 1130. The minimum Gasteiger partial charge on any atom is -0.496 e. The normalized spacial score (nSPS) is 15.2. The van der Waals surface area contributed by atoms with Gasteiger partial charge in [0.1, 0.15) is 11.3 Å². The topological polar surface area (TPSA) is 128 Å². The molecule has 0 atom stereocenters. The highest BCUT2D eigenvalue weighted by Gasteiger charge is 2.37. The van der Waals surface area contributed by atoms with E-state index in [1.54, 1.807) is 12.1 Å². The Labute approximate surface area is 177 Å². The molecule has 1 saturated heterocycles. The highest BCUT2D eigenvalue weighted by molar-refractivity contribution is 6.39. The second kappa shape index (κ2) is 8.27. The van der Waals surface area contributed by atoms with Crippen molar-refractivity contribution in [1.29, 1.82) is 0 Å². The molecule has 1 N–H and O–H groups in total. The summed E-state index contributed by atoms with van der Waals surface area (Å²) in [7, 11) is 2.60. The van der Waals surface area contributed by atoms with Gasteiger partial charge < -0.3 is 9.47 Å². The predicted molar refractivity (Wildman–Crippen MR) is 111 cm³/mol. The van der Waals surface area contributed by atoms with E-state index in [0.29, 0.717) is 5.69 Å². The second-order valence-electron chi connectivity index (χ2n) is 6.83. The molecule has 2 aromatic carbocycles. The number of aryl methyl sites for hydroxylation is 2. The van der Waals surface area contributed by atoms with Gasteiger partial charge in [0.25, 0.3) is 11.8 Å². The summed E-state index contributed by atoms with van der Waals surface area (Å²) < 4.78 is 10.2. The van der Waals surface area contributed by atoms with Gasteiger partial charge in [-0.25, -0.2) is 9.69 Å². The summed E-state index contributed by atoms with van der Waals surface area (Å²) >= 11 is 0. The number of nitrogens with one attached hydrogen (secondary N) is 1. The maximum Gasteiger partial charge on any atom is 0.335 e. The molecular weight excluding hydrogens is 406 g/mol. The minimum atomic E-state index is -0.920. The molecule has 31 heavy (non-hydrogen) atoms. The number of urea groups is 1. The molecule has 1 fully saturated rings. The van der Waals surface area contributed by atoms with Gasteiger partial charge in [-0.3, -0.25) is 25.0 Å². The number of imide groups is 2. The zero-order valence-corrected chi connectivity index (χ0v) is 17.2. The smallest absolute Gasteiger partial charge is 0.335 e. The van der Waals surface area contributed by atoms with Gasteiger partial charge >= 0.3 is 11.7 Å². The number of hydrogen-bond acceptors (Lipinski definition) is 7. The van der Waals surface area contributed by atoms with Crippen molar-refractivity contribution in [3.8, 4) is 11.5 Å². The van der Waals surface area contributed by atoms with E-state index in [-0.39, 0.29) is 28.3 Å². The van der Waals surface area contributed by atoms with Crippen molar-refractivity contribution in [2.75, 3.05) is 19.1 Å². The summed E-state index contributed by atoms with van der Waals surface area (Å²) in [5.41, 5.74) is 1.29. The summed E-state index contributed by atoms with van der Waals surface area (Å²) in [5.74, 6) is -1.68. The van der Waals surface area contributed by atoms with Crippen LogP contribution in [0, 0.1) is 24.0 Å². The van der Waals surface area contributed by atoms with Crippen LogP contribution < -0.4 is 19.7 Å². The number of anilines is 1. The molecule has 0 aliphatic carbocycles. The molecule has 0 saturated carbocycles. The van der Waals surface area contributed by atoms with Gasteiger partial charge in [-0.2, -0.15) is 0 Å². The van der Waals surface area contributed by atoms with Crippen molar-refractivity contribution in [1.82, 2.24) is 5.32 Å². The van der Waals surface area contributed by atoms with Crippen molar-refractivity contribution < 1.29 is 28.8 Å². The van der Waals surface area contributed by atoms with Gasteiger partial charge in [0, 0.05) is 17.7 Å². The molecule has 0 spiro atoms. The fraction of sp³-hybridized carbons (Fsp3) is 0.190. The van der Waals surface area contributed by atoms with E-state index < -0.39 is 22.8 Å². The Morgan fingerprint density at radius 1 is 0.968 bits per heavy atom. The van der Waals surface area contributed by atoms with Crippen molar-refractivity contribution >= 4 is 35.3 Å². The zero-order chi connectivity index (χ0) is 22.9. The molecule has 2 aromatic rings. The Hall–Kier alpha value is -4.21. The highest BCUT2D eigenvalue weighted by atomic mass is 16.6. The van der Waals surface area contributed by atoms with Crippen LogP contribution in [0.1, 0.15) is 16.7 Å². The van der Waals surface area contributed by atoms with E-state index in [1.807, 2.05) is 19.9 Å². The van der Waals surface area contributed by atoms with Crippen LogP contribution in [0.15, 0.2) is 35.9 Å². The number of amides is 4. The van der Waals surface area contributed by atoms with Crippen LogP contribution in [-0.4, -0.2) is 37.0 Å². The summed E-state index contributed by atoms with van der Waals surface area (Å²) in [4.78, 5) is 49.5. The van der Waals surface area contributed by atoms with Crippen molar-refractivity contribution in [3.63, 3.8) is 0 Å². The molecule has 160 valence electrons. The molecule has 4 amide bonds. The third-order valence-electron chi connectivity index (χ3n) is 4.59. The zero-order valence-electron chi connectivity index (χ0n) is 17.2. The number of benzene rings is 2. The summed E-state index contributed by atoms with van der Waals surface area (Å²) in [6.45, 7) is 3.62. The highest BCUT2D eigenvalue weighted by Crippen LogP contribution is 2.36. The average molecular weight is 425 g/mol. The predicted octanol–water partition coefficient (Wildman–Crippen LogP) is 2.90. The Balaban J connectivity index is 2.14. The molecular formula is C21H19N3O7. The van der Waals surface area contributed by atoms with E-state index in [9.17, 15) is 24.5 Å². The first-order valence-corrected chi connectivity index (χ1v) is 9.06. The van der Waals surface area contributed by atoms with E-state index in [1.165, 1.54) is 20.3 Å². The summed E-state index contributed by atoms with van der Waals surface area (Å²) in [5, 5.41) is 13.5. The molecule has 1 aliphatic rings. The van der Waals surface area contributed by atoms with Crippen LogP contribution in [0.3, 0.4) is 0 Å². The minimum absolute atomic E-state index is 0.0459. The number of nitro benzene ring substituents is 1. The molecule has 0 aromatic heterocycles. The number of hydrogen-bond donors (Lipinski definition) is 1. The third kappa shape index (κ3) is 4.08. The number of rotatable bonds is 5. The lowest BCUT2D eigenvalue weighted by atomic mass is 10.0. The first-order chi connectivity index (χ1) is 14.7. The number of nitrogens with zero attached hydrogens (tertiary/aromatic N) is 2. The molecule has 3 rings (SSSR count). The van der Waals surface area contributed by atoms with Gasteiger partial charge in [0.05, 0.1) is 24.8 Å². The van der Waals surface area contributed by atoms with Crippen LogP contribution in [0.5, 0.6) is 11.5 Å². The van der Waals surface area contributed by atoms with Gasteiger partial charge in [0.2, 0.25) is 5.75 Å². The largest absolute Gasteiger partial charge is 0.496 e. The third-order valence-corrected chi connectivity index (χ3v) is 4.59. The Morgan fingerprint density at radius 3 is 2.13 bits per heavy atom. The maximum absolute atomic E-state index is 13.1. The number of barbiturate groups is 1. The number of carbonyl (C=O) groups is 3. The molecule has 10 heteroatoms. The SMILES string of the molecule is COc1cc(OC)c([N+](=O)[O-])cc1/C=C1/C(=O)NC(=O)N(c2cc(C)cc(C)c2)C1=O. The molecule has 0 bridgehead atoms. The molecule has 1 heterocycles. The van der Waals surface area contributed by atoms with Crippen LogP contribution in [0.4, 0.5) is 16.2 Å². The molecule has 0 unspecified atom stereocenters. The molecule has 1 aliphatic heterocycles.